The summed E-state index contributed by atoms with van der Waals surface area (Å²) in [5.74, 6) is 7.09. The standard InChI is InChI=1S/C20H35NO3S.C20H33NO3S.C16H24O3.C16H22O3.C13H18O3.C7H6O3.C4H11NOS.C3H7Br.ClH.Na.H2O/c2*1-14(2)23-18-12-11-17(13-19(18)24-15(3)4)10-9-16(5)21-25(22)20(6,7)8;2*1-11(2)18-15-9-8-14(7-6-13(5)17)10-16(15)19-12(3)4;1-9(2)15-12-6-5-11(8-14)7-13(12)16-10(3)4;8-4-5-1-2-6(9)7(10)3-5;1-4(2,3)7(5)6;1-3(2)4;;;/h11-16,21H,9-10H2,1-8H3;11-15H,9-10H2,1-8H3;8-12H,6-7H2,1-5H3;6-12H,1-5H3;5-10H,1-4H3;1-4,9-10H;5H2,1-3H3;3H,1-2H3;1H;;1H2/q;;;;;;;;;+1;/p-1/b;;;7-6+;;;;;;;/t16-,25-;25-;;;;;7-;;;;/m11....1..../s1. The number of nitrogens with zero attached hydrogens (tertiary/aromatic N) is 1. The Kier molecular flexibility index (Phi) is 68.2. The normalized spacial score (nSPS) is 12.1. The molecular weight excluding hydrogens is 1790 g/mol. The summed E-state index contributed by atoms with van der Waals surface area (Å²) in [5.41, 5.74) is 6.21. The number of alkyl halides is 1. The molecule has 0 radical (unpaired) electrons. The predicted octanol–water partition coefficient (Wildman–Crippen LogP) is 20.8. The summed E-state index contributed by atoms with van der Waals surface area (Å²) in [4.78, 5) is 43.4. The molecule has 0 spiro atoms. The van der Waals surface area contributed by atoms with Crippen LogP contribution < -0.4 is 86.8 Å². The van der Waals surface area contributed by atoms with Crippen LogP contribution in [0.5, 0.6) is 69.0 Å². The van der Waals surface area contributed by atoms with Crippen molar-refractivity contribution in [3.8, 4) is 69.0 Å². The first kappa shape index (κ1) is 130. The summed E-state index contributed by atoms with van der Waals surface area (Å²) in [6.07, 6.45) is 10.3. The summed E-state index contributed by atoms with van der Waals surface area (Å²) >= 11 is 3.27. The minimum absolute atomic E-state index is 0. The number of ether oxygens (including phenoxy) is 10. The van der Waals surface area contributed by atoms with Gasteiger partial charge in [-0.2, -0.15) is 4.40 Å². The van der Waals surface area contributed by atoms with Crippen LogP contribution >= 0.6 is 28.3 Å². The van der Waals surface area contributed by atoms with Crippen molar-refractivity contribution in [3.63, 3.8) is 0 Å². The maximum absolute atomic E-state index is 12.2. The van der Waals surface area contributed by atoms with Crippen LogP contribution in [0.25, 0.3) is 6.08 Å². The van der Waals surface area contributed by atoms with Gasteiger partial charge in [-0.05, 0) is 374 Å². The number of hydrogen-bond acceptors (Lipinski definition) is 20. The van der Waals surface area contributed by atoms with Gasteiger partial charge in [0.05, 0.1) is 97.3 Å². The molecule has 0 aliphatic carbocycles. The molecule has 0 fully saturated rings. The fraction of sp³-hybridized carbons (Fsp3) is 0.566. The van der Waals surface area contributed by atoms with Crippen molar-refractivity contribution in [2.24, 2.45) is 9.54 Å². The Hall–Kier alpha value is -6.89. The monoisotopic (exact) mass is 1940 g/mol. The number of Topliss-reactive ketones (excluding diaryl/α,β-unsaturated/α-hetero) is 1. The van der Waals surface area contributed by atoms with Crippen molar-refractivity contribution in [2.75, 3.05) is 0 Å². The van der Waals surface area contributed by atoms with Crippen molar-refractivity contribution in [2.45, 2.75) is 367 Å². The van der Waals surface area contributed by atoms with Crippen molar-refractivity contribution in [1.82, 2.24) is 4.72 Å². The van der Waals surface area contributed by atoms with E-state index < -0.39 is 33.0 Å². The largest absolute Gasteiger partial charge is 1.00 e. The van der Waals surface area contributed by atoms with E-state index in [-0.39, 0.29) is 152 Å². The number of halogens is 2. The number of aryl methyl sites for hydroxylation is 3. The van der Waals surface area contributed by atoms with Gasteiger partial charge >= 0.3 is 29.6 Å². The summed E-state index contributed by atoms with van der Waals surface area (Å²) in [6.45, 7) is 68.2. The quantitative estimate of drug-likeness (QED) is 0.00709. The van der Waals surface area contributed by atoms with Gasteiger partial charge in [0, 0.05) is 34.1 Å². The van der Waals surface area contributed by atoms with Gasteiger partial charge in [-0.25, -0.2) is 17.3 Å². The van der Waals surface area contributed by atoms with E-state index in [9.17, 15) is 31.8 Å². The maximum atomic E-state index is 12.2. The molecule has 6 aromatic rings. The van der Waals surface area contributed by atoms with E-state index in [1.165, 1.54) is 36.8 Å². The van der Waals surface area contributed by atoms with Gasteiger partial charge in [0.2, 0.25) is 0 Å². The molecule has 0 heterocycles. The second-order valence-corrected chi connectivity index (χ2v) is 43.2. The van der Waals surface area contributed by atoms with E-state index in [0.717, 1.165) is 101 Å². The first-order valence-corrected chi connectivity index (χ1v) is 47.4. The summed E-state index contributed by atoms with van der Waals surface area (Å²) in [7, 11) is -3.43. The third kappa shape index (κ3) is 64.0. The Labute approximate surface area is 814 Å². The molecule has 0 amide bonds. The third-order valence-corrected chi connectivity index (χ3v) is 19.5. The topological polar surface area (TPSA) is 333 Å². The molecule has 6 rings (SSSR count). The summed E-state index contributed by atoms with van der Waals surface area (Å²) in [5, 5.41) is 22.6. The predicted molar refractivity (Wildman–Crippen MR) is 533 cm³/mol. The van der Waals surface area contributed by atoms with E-state index in [1.54, 1.807) is 31.2 Å². The Balaban J connectivity index is -0.000000466. The van der Waals surface area contributed by atoms with Crippen LogP contribution in [-0.2, 0) is 61.8 Å². The van der Waals surface area contributed by atoms with Gasteiger partial charge in [0.15, 0.2) is 74.8 Å². The van der Waals surface area contributed by atoms with E-state index in [0.29, 0.717) is 45.9 Å². The number of hydrogen-bond donors (Lipinski definition) is 4. The van der Waals surface area contributed by atoms with Crippen molar-refractivity contribution >= 4 is 97.2 Å². The average molecular weight is 1940 g/mol. The van der Waals surface area contributed by atoms with Gasteiger partial charge in [-0.1, -0.05) is 60.1 Å². The average Bonchev–Trinajstić information content (AvgIpc) is 0.855. The third-order valence-electron chi connectivity index (χ3n) is 15.0. The molecule has 0 bridgehead atoms. The molecule has 6 aromatic carbocycles. The van der Waals surface area contributed by atoms with Crippen LogP contribution in [0, 0.1) is 0 Å². The number of nitrogens with one attached hydrogen (secondary N) is 1. The minimum Gasteiger partial charge on any atom is -0.870 e. The smallest absolute Gasteiger partial charge is 0.870 e. The molecule has 0 aliphatic heterocycles. The first-order chi connectivity index (χ1) is 57.7. The molecule has 0 aromatic heterocycles. The Bertz CT molecular complexity index is 4280. The van der Waals surface area contributed by atoms with Gasteiger partial charge in [0.25, 0.3) is 0 Å². The number of aromatic hydroxyl groups is 2. The second kappa shape index (κ2) is 67.3. The van der Waals surface area contributed by atoms with Crippen LogP contribution in [0.4, 0.5) is 0 Å². The van der Waals surface area contributed by atoms with Crippen LogP contribution in [0.2, 0.25) is 0 Å². The Morgan fingerprint density at radius 1 is 0.414 bits per heavy atom. The number of carbonyl (C=O) groups is 4. The minimum atomic E-state index is -1.20. The molecule has 0 saturated carbocycles. The van der Waals surface area contributed by atoms with E-state index in [4.69, 9.17) is 62.7 Å². The molecule has 29 heteroatoms. The second-order valence-electron chi connectivity index (χ2n) is 35.6. The SMILES string of the molecule is CC(=O)/C=C/c1ccc(OC(C)C)c(OC(C)C)c1.CC(=O)CCc1ccc(OC(C)C)c(OC(C)C)c1.CC(C)(C)[S@](N)=O.CC(C)Br.CC(C)Oc1ccc(C=O)cc1OC(C)C.CC(C)Oc1ccc(CC[C@@H](C)N[S@](=O)C(C)(C)C)cc1OC(C)C.CC(CCc1ccc(OC(C)C)c(OC(C)C)c1)=N[S@](=O)C(C)(C)C.Cl.O=Cc1ccc(O)c(O)c1.[Na+].[OH-]. The molecule has 0 aliphatic rings. The number of phenols is 2. The molecule has 0 saturated heterocycles. The van der Waals surface area contributed by atoms with Gasteiger partial charge in [0.1, 0.15) is 29.3 Å². The van der Waals surface area contributed by atoms with Gasteiger partial charge in [-0.15, -0.1) is 12.4 Å². The molecule has 4 atom stereocenters. The fourth-order valence-corrected chi connectivity index (χ4v) is 10.9. The van der Waals surface area contributed by atoms with E-state index in [2.05, 4.69) is 64.0 Å². The molecule has 0 unspecified atom stereocenters. The number of ketones is 2. The van der Waals surface area contributed by atoms with Gasteiger partial charge < -0.3 is 67.9 Å². The number of nitrogens with two attached hydrogens (primary N) is 1. The summed E-state index contributed by atoms with van der Waals surface area (Å²) < 4.78 is 99.0. The number of allylic oxidation sites excluding steroid dienone is 1. The fourth-order valence-electron chi connectivity index (χ4n) is 9.44. The number of aldehydes is 2. The summed E-state index contributed by atoms with van der Waals surface area (Å²) in [6, 6.07) is 33.0. The van der Waals surface area contributed by atoms with Crippen molar-refractivity contribution < 1.29 is 124 Å². The van der Waals surface area contributed by atoms with Crippen LogP contribution in [0.15, 0.2) is 120 Å². The molecular formula is C99H158BrClN3NaO20S3. The number of benzene rings is 6. The zero-order valence-electron chi connectivity index (χ0n) is 83.7. The molecule has 722 valence electrons. The molecule has 23 nitrogen and oxygen atoms in total. The van der Waals surface area contributed by atoms with Crippen molar-refractivity contribution in [3.05, 3.63) is 149 Å². The molecule has 128 heavy (non-hydrogen) atoms. The number of rotatable bonds is 36. The first-order valence-electron chi connectivity index (χ1n) is 43.1. The van der Waals surface area contributed by atoms with Gasteiger partial charge in [-0.3, -0.25) is 19.5 Å². The Morgan fingerprint density at radius 3 is 0.969 bits per heavy atom. The maximum Gasteiger partial charge on any atom is 1.00 e. The molecule has 6 N–H and O–H groups in total. The van der Waals surface area contributed by atoms with E-state index in [1.807, 2.05) is 262 Å². The van der Waals surface area contributed by atoms with Crippen molar-refractivity contribution in [1.29, 1.82) is 0 Å². The van der Waals surface area contributed by atoms with Crippen LogP contribution in [-0.4, -0.2) is 144 Å². The Morgan fingerprint density at radius 2 is 0.688 bits per heavy atom. The number of carbonyl (C=O) groups excluding carboxylic acids is 4. The number of phenolic OH excluding ortho intramolecular Hbond substituents is 2. The van der Waals surface area contributed by atoms with Crippen LogP contribution in [0.1, 0.15) is 305 Å². The zero-order chi connectivity index (χ0) is 96.6. The van der Waals surface area contributed by atoms with Crippen LogP contribution in [0.3, 0.4) is 0 Å². The van der Waals surface area contributed by atoms with E-state index >= 15 is 0 Å². The zero-order valence-corrected chi connectivity index (χ0v) is 90.5.